The van der Waals surface area contributed by atoms with E-state index in [0.717, 1.165) is 0 Å². The van der Waals surface area contributed by atoms with Crippen molar-refractivity contribution in [2.24, 2.45) is 5.92 Å². The van der Waals surface area contributed by atoms with Gasteiger partial charge in [0, 0.05) is 0 Å². The Morgan fingerprint density at radius 2 is 1.36 bits per heavy atom. The van der Waals surface area contributed by atoms with E-state index >= 15 is 0 Å². The monoisotopic (exact) mass is 170 g/mol. The molecule has 1 rings (SSSR count). The number of alkyl halides is 3. The zero-order valence-electron chi connectivity index (χ0n) is 6.36. The molecule has 0 aromatic carbocycles. The highest BCUT2D eigenvalue weighted by Crippen LogP contribution is 2.30. The second kappa shape index (κ2) is 3.95. The van der Waals surface area contributed by atoms with Crippen LogP contribution < -0.4 is 0 Å². The molecule has 2 N–H and O–H groups in total. The first-order chi connectivity index (χ1) is 4.61. The van der Waals surface area contributed by atoms with Crippen molar-refractivity contribution in [1.82, 2.24) is 0 Å². The van der Waals surface area contributed by atoms with Crippen LogP contribution in [0.4, 0.5) is 13.2 Å². The molecule has 1 nitrogen and oxygen atoms in total. The molecule has 0 radical (unpaired) electrons. The molecule has 11 heavy (non-hydrogen) atoms. The van der Waals surface area contributed by atoms with Gasteiger partial charge in [0.25, 0.3) is 0 Å². The van der Waals surface area contributed by atoms with Crippen molar-refractivity contribution in [3.63, 3.8) is 0 Å². The Balaban J connectivity index is 0.000001000. The summed E-state index contributed by atoms with van der Waals surface area (Å²) in [5.41, 5.74) is 0. The summed E-state index contributed by atoms with van der Waals surface area (Å²) in [5.74, 6) is -0.0167. The minimum Gasteiger partial charge on any atom is -0.412 e. The highest BCUT2D eigenvalue weighted by Gasteiger charge is 2.36. The molecule has 0 bridgehead atoms. The van der Waals surface area contributed by atoms with Gasteiger partial charge in [-0.1, -0.05) is 6.92 Å². The SMILES string of the molecule is CC1CC(F)C(F)C(F)C1.O. The minimum absolute atomic E-state index is 0. The van der Waals surface area contributed by atoms with E-state index < -0.39 is 18.5 Å². The number of hydrogen-bond acceptors (Lipinski definition) is 0. The van der Waals surface area contributed by atoms with Gasteiger partial charge in [-0.2, -0.15) is 0 Å². The molecule has 68 valence electrons. The third-order valence-electron chi connectivity index (χ3n) is 1.95. The Hall–Kier alpha value is -0.250. The fourth-order valence-corrected chi connectivity index (χ4v) is 1.35. The zero-order valence-corrected chi connectivity index (χ0v) is 6.36. The minimum atomic E-state index is -1.88. The third-order valence-corrected chi connectivity index (χ3v) is 1.95. The topological polar surface area (TPSA) is 31.5 Å². The third kappa shape index (κ3) is 2.36. The van der Waals surface area contributed by atoms with Crippen LogP contribution in [0.1, 0.15) is 19.8 Å². The predicted molar refractivity (Wildman–Crippen MR) is 36.7 cm³/mol. The molecular weight excluding hydrogens is 157 g/mol. The van der Waals surface area contributed by atoms with Gasteiger partial charge in [-0.15, -0.1) is 0 Å². The number of halogens is 3. The van der Waals surface area contributed by atoms with E-state index in [4.69, 9.17) is 0 Å². The molecule has 0 saturated heterocycles. The Morgan fingerprint density at radius 1 is 1.00 bits per heavy atom. The smallest absolute Gasteiger partial charge is 0.162 e. The molecule has 0 aromatic heterocycles. The van der Waals surface area contributed by atoms with Crippen LogP contribution in [-0.4, -0.2) is 24.0 Å². The molecule has 2 unspecified atom stereocenters. The molecule has 4 heteroatoms. The molecule has 1 aliphatic rings. The van der Waals surface area contributed by atoms with Gasteiger partial charge in [0.15, 0.2) is 6.17 Å². The largest absolute Gasteiger partial charge is 0.412 e. The van der Waals surface area contributed by atoms with E-state index in [-0.39, 0.29) is 24.2 Å². The van der Waals surface area contributed by atoms with Crippen molar-refractivity contribution >= 4 is 0 Å². The highest BCUT2D eigenvalue weighted by atomic mass is 19.2. The van der Waals surface area contributed by atoms with Crippen LogP contribution in [-0.2, 0) is 0 Å². The van der Waals surface area contributed by atoms with Crippen LogP contribution in [0, 0.1) is 5.92 Å². The van der Waals surface area contributed by atoms with Crippen LogP contribution >= 0.6 is 0 Å². The maximum atomic E-state index is 12.5. The molecule has 1 aliphatic carbocycles. The lowest BCUT2D eigenvalue weighted by Gasteiger charge is -2.27. The molecule has 0 aromatic rings. The van der Waals surface area contributed by atoms with Gasteiger partial charge >= 0.3 is 0 Å². The predicted octanol–water partition coefficient (Wildman–Crippen LogP) is 1.61. The quantitative estimate of drug-likeness (QED) is 0.529. The number of hydrogen-bond donors (Lipinski definition) is 0. The van der Waals surface area contributed by atoms with Crippen LogP contribution in [0.5, 0.6) is 0 Å². The van der Waals surface area contributed by atoms with Gasteiger partial charge in [-0.25, -0.2) is 13.2 Å². The summed E-state index contributed by atoms with van der Waals surface area (Å²) in [6.07, 6.45) is -4.71. The maximum absolute atomic E-state index is 12.5. The van der Waals surface area contributed by atoms with Crippen molar-refractivity contribution in [2.75, 3.05) is 0 Å². The highest BCUT2D eigenvalue weighted by molar-refractivity contribution is 4.84. The lowest BCUT2D eigenvalue weighted by atomic mass is 9.87. The average molecular weight is 170 g/mol. The molecule has 0 amide bonds. The first kappa shape index (κ1) is 10.8. The van der Waals surface area contributed by atoms with Crippen LogP contribution in [0.15, 0.2) is 0 Å². The average Bonchev–Trinajstić information content (AvgIpc) is 1.82. The summed E-state index contributed by atoms with van der Waals surface area (Å²) >= 11 is 0. The summed E-state index contributed by atoms with van der Waals surface area (Å²) in [5, 5.41) is 0. The Labute approximate surface area is 63.9 Å². The normalized spacial score (nSPS) is 44.7. The van der Waals surface area contributed by atoms with E-state index in [2.05, 4.69) is 0 Å². The van der Waals surface area contributed by atoms with E-state index in [0.29, 0.717) is 0 Å². The molecule has 1 saturated carbocycles. The van der Waals surface area contributed by atoms with E-state index in [1.165, 1.54) is 0 Å². The van der Waals surface area contributed by atoms with Gasteiger partial charge in [-0.05, 0) is 18.8 Å². The Kier molecular flexibility index (Phi) is 3.86. The van der Waals surface area contributed by atoms with Crippen molar-refractivity contribution < 1.29 is 18.6 Å². The molecule has 0 heterocycles. The number of rotatable bonds is 0. The molecule has 0 aliphatic heterocycles. The molecule has 0 spiro atoms. The summed E-state index contributed by atoms with van der Waals surface area (Å²) in [6, 6.07) is 0. The van der Waals surface area contributed by atoms with Crippen molar-refractivity contribution in [1.29, 1.82) is 0 Å². The van der Waals surface area contributed by atoms with Crippen molar-refractivity contribution in [3.05, 3.63) is 0 Å². The Bertz CT molecular complexity index is 108. The first-order valence-corrected chi connectivity index (χ1v) is 3.53. The van der Waals surface area contributed by atoms with Crippen LogP contribution in [0.2, 0.25) is 0 Å². The fraction of sp³-hybridized carbons (Fsp3) is 1.00. The van der Waals surface area contributed by atoms with E-state index in [1.54, 1.807) is 6.92 Å². The van der Waals surface area contributed by atoms with Crippen LogP contribution in [0.25, 0.3) is 0 Å². The van der Waals surface area contributed by atoms with Crippen molar-refractivity contribution in [2.45, 2.75) is 38.3 Å². The summed E-state index contributed by atoms with van der Waals surface area (Å²) in [4.78, 5) is 0. The van der Waals surface area contributed by atoms with E-state index in [1.807, 2.05) is 0 Å². The standard InChI is InChI=1S/C7H11F3.H2O/c1-4-2-5(8)7(10)6(9)3-4;/h4-7H,2-3H2,1H3;1H2. The Morgan fingerprint density at radius 3 is 1.73 bits per heavy atom. The van der Waals surface area contributed by atoms with Gasteiger partial charge in [0.05, 0.1) is 0 Å². The first-order valence-electron chi connectivity index (χ1n) is 3.53. The molecule has 1 fully saturated rings. The summed E-state index contributed by atoms with van der Waals surface area (Å²) in [6.45, 7) is 1.74. The van der Waals surface area contributed by atoms with Crippen LogP contribution in [0.3, 0.4) is 0 Å². The maximum Gasteiger partial charge on any atom is 0.162 e. The van der Waals surface area contributed by atoms with Gasteiger partial charge < -0.3 is 5.48 Å². The van der Waals surface area contributed by atoms with Crippen molar-refractivity contribution in [3.8, 4) is 0 Å². The second-order valence-corrected chi connectivity index (χ2v) is 3.05. The molecular formula is C7H13F3O. The zero-order chi connectivity index (χ0) is 7.72. The second-order valence-electron chi connectivity index (χ2n) is 3.05. The van der Waals surface area contributed by atoms with Gasteiger partial charge in [-0.3, -0.25) is 0 Å². The summed E-state index contributed by atoms with van der Waals surface area (Å²) in [7, 11) is 0. The van der Waals surface area contributed by atoms with Gasteiger partial charge in [0.1, 0.15) is 12.3 Å². The van der Waals surface area contributed by atoms with E-state index in [9.17, 15) is 13.2 Å². The fourth-order valence-electron chi connectivity index (χ4n) is 1.35. The van der Waals surface area contributed by atoms with Gasteiger partial charge in [0.2, 0.25) is 0 Å². The lowest BCUT2D eigenvalue weighted by Crippen LogP contribution is -2.36. The molecule has 2 atom stereocenters. The lowest BCUT2D eigenvalue weighted by molar-refractivity contribution is 0.0222. The summed E-state index contributed by atoms with van der Waals surface area (Å²) < 4.78 is 37.3.